The topological polar surface area (TPSA) is 75.8 Å². The fourth-order valence-corrected chi connectivity index (χ4v) is 2.62. The lowest BCUT2D eigenvalue weighted by atomic mass is 10.1. The van der Waals surface area contributed by atoms with Gasteiger partial charge in [-0.1, -0.05) is 12.1 Å². The maximum absolute atomic E-state index is 12.6. The van der Waals surface area contributed by atoms with Crippen LogP contribution in [0.1, 0.15) is 30.4 Å². The van der Waals surface area contributed by atoms with Crippen molar-refractivity contribution < 1.29 is 19.2 Å². The van der Waals surface area contributed by atoms with Crippen molar-refractivity contribution in [2.24, 2.45) is 0 Å². The van der Waals surface area contributed by atoms with E-state index in [1.165, 1.54) is 6.07 Å². The third kappa shape index (κ3) is 2.30. The zero-order chi connectivity index (χ0) is 15.9. The number of amides is 1. The molecule has 1 amide bonds. The van der Waals surface area contributed by atoms with Crippen molar-refractivity contribution in [3.8, 4) is 11.5 Å². The van der Waals surface area contributed by atoms with E-state index in [0.29, 0.717) is 30.2 Å². The molecule has 0 fully saturated rings. The molecule has 0 aliphatic carbocycles. The van der Waals surface area contributed by atoms with E-state index < -0.39 is 6.10 Å². The second kappa shape index (κ2) is 5.36. The molecular weight excluding hydrogens is 284 g/mol. The van der Waals surface area contributed by atoms with Gasteiger partial charge in [0.15, 0.2) is 6.10 Å². The molecule has 116 valence electrons. The number of hydrogen-bond acceptors (Lipinski definition) is 5. The van der Waals surface area contributed by atoms with Crippen LogP contribution in [0.15, 0.2) is 22.7 Å². The van der Waals surface area contributed by atoms with Gasteiger partial charge in [0.05, 0.1) is 17.9 Å². The Morgan fingerprint density at radius 1 is 1.36 bits per heavy atom. The van der Waals surface area contributed by atoms with E-state index in [0.717, 1.165) is 11.3 Å². The Morgan fingerprint density at radius 3 is 2.77 bits per heavy atom. The highest BCUT2D eigenvalue weighted by molar-refractivity contribution is 6.00. The maximum Gasteiger partial charge on any atom is 0.268 e. The van der Waals surface area contributed by atoms with E-state index in [-0.39, 0.29) is 11.7 Å². The molecule has 0 bridgehead atoms. The highest BCUT2D eigenvalue weighted by atomic mass is 16.5. The van der Waals surface area contributed by atoms with Crippen LogP contribution >= 0.6 is 0 Å². The average molecular weight is 302 g/mol. The molecule has 6 heteroatoms. The number of phenolic OH excluding ortho intramolecular Hbond substituents is 1. The van der Waals surface area contributed by atoms with Crippen molar-refractivity contribution in [3.05, 3.63) is 35.2 Å². The number of anilines is 1. The lowest BCUT2D eigenvalue weighted by molar-refractivity contribution is -0.126. The van der Waals surface area contributed by atoms with Gasteiger partial charge in [-0.05, 0) is 32.4 Å². The van der Waals surface area contributed by atoms with Crippen LogP contribution in [0.25, 0.3) is 0 Å². The van der Waals surface area contributed by atoms with Gasteiger partial charge in [0.25, 0.3) is 5.91 Å². The van der Waals surface area contributed by atoms with Gasteiger partial charge in [-0.25, -0.2) is 0 Å². The second-order valence-electron chi connectivity index (χ2n) is 5.39. The van der Waals surface area contributed by atoms with E-state index in [1.807, 2.05) is 20.8 Å². The van der Waals surface area contributed by atoms with Crippen molar-refractivity contribution in [2.75, 3.05) is 4.90 Å². The van der Waals surface area contributed by atoms with Gasteiger partial charge in [-0.3, -0.25) is 4.79 Å². The minimum atomic E-state index is -0.547. The summed E-state index contributed by atoms with van der Waals surface area (Å²) in [6.45, 7) is 5.95. The quantitative estimate of drug-likeness (QED) is 0.943. The summed E-state index contributed by atoms with van der Waals surface area (Å²) in [6, 6.07) is 4.76. The molecule has 2 aromatic rings. The zero-order valence-electron chi connectivity index (χ0n) is 12.8. The first-order valence-corrected chi connectivity index (χ1v) is 7.24. The number of nitrogens with zero attached hydrogens (tertiary/aromatic N) is 2. The summed E-state index contributed by atoms with van der Waals surface area (Å²) in [4.78, 5) is 14.3. The Hall–Kier alpha value is -2.50. The van der Waals surface area contributed by atoms with Gasteiger partial charge in [0.2, 0.25) is 0 Å². The number of hydrogen-bond donors (Lipinski definition) is 1. The number of carbonyl (C=O) groups is 1. The van der Waals surface area contributed by atoms with Gasteiger partial charge in [-0.2, -0.15) is 0 Å². The minimum absolute atomic E-state index is 0.0966. The Morgan fingerprint density at radius 2 is 2.14 bits per heavy atom. The SMILES string of the molecule is CCC1Oc2cc(O)ccc2N(Cc2c(C)noc2C)C1=O. The van der Waals surface area contributed by atoms with Crippen LogP contribution in [0.5, 0.6) is 11.5 Å². The summed E-state index contributed by atoms with van der Waals surface area (Å²) in [5, 5.41) is 13.6. The van der Waals surface area contributed by atoms with Crippen molar-refractivity contribution >= 4 is 11.6 Å². The number of ether oxygens (including phenoxy) is 1. The van der Waals surface area contributed by atoms with Crippen molar-refractivity contribution in [2.45, 2.75) is 39.8 Å². The Balaban J connectivity index is 2.03. The molecule has 0 spiro atoms. The Kier molecular flexibility index (Phi) is 3.52. The standard InChI is InChI=1S/C16H18N2O4/c1-4-14-16(20)18(8-12-9(2)17-22-10(12)3)13-6-5-11(19)7-15(13)21-14/h5-7,14,19H,4,8H2,1-3H3. The first-order valence-electron chi connectivity index (χ1n) is 7.24. The molecule has 6 nitrogen and oxygen atoms in total. The van der Waals surface area contributed by atoms with Crippen LogP contribution in [0.2, 0.25) is 0 Å². The predicted octanol–water partition coefficient (Wildman–Crippen LogP) is 2.70. The average Bonchev–Trinajstić information content (AvgIpc) is 2.81. The maximum atomic E-state index is 12.6. The van der Waals surface area contributed by atoms with Crippen molar-refractivity contribution in [3.63, 3.8) is 0 Å². The van der Waals surface area contributed by atoms with Crippen LogP contribution in [0.3, 0.4) is 0 Å². The highest BCUT2D eigenvalue weighted by Crippen LogP contribution is 2.38. The Bertz CT molecular complexity index is 703. The summed E-state index contributed by atoms with van der Waals surface area (Å²) in [7, 11) is 0. The third-order valence-electron chi connectivity index (χ3n) is 3.91. The molecule has 1 aromatic carbocycles. The second-order valence-corrected chi connectivity index (χ2v) is 5.39. The molecule has 2 heterocycles. The fourth-order valence-electron chi connectivity index (χ4n) is 2.62. The summed E-state index contributed by atoms with van der Waals surface area (Å²) in [5.41, 5.74) is 2.31. The highest BCUT2D eigenvalue weighted by Gasteiger charge is 2.34. The molecule has 1 aliphatic heterocycles. The molecular formula is C16H18N2O4. The van der Waals surface area contributed by atoms with E-state index in [2.05, 4.69) is 5.16 Å². The van der Waals surface area contributed by atoms with Crippen LogP contribution in [-0.4, -0.2) is 22.3 Å². The van der Waals surface area contributed by atoms with Gasteiger partial charge < -0.3 is 19.3 Å². The van der Waals surface area contributed by atoms with Gasteiger partial charge in [0.1, 0.15) is 17.3 Å². The monoisotopic (exact) mass is 302 g/mol. The Labute approximate surface area is 128 Å². The lowest BCUT2D eigenvalue weighted by Crippen LogP contribution is -2.45. The van der Waals surface area contributed by atoms with Crippen LogP contribution < -0.4 is 9.64 Å². The van der Waals surface area contributed by atoms with E-state index in [9.17, 15) is 9.90 Å². The van der Waals surface area contributed by atoms with Crippen LogP contribution in [0.4, 0.5) is 5.69 Å². The molecule has 22 heavy (non-hydrogen) atoms. The summed E-state index contributed by atoms with van der Waals surface area (Å²) < 4.78 is 10.9. The normalized spacial score (nSPS) is 17.3. The summed E-state index contributed by atoms with van der Waals surface area (Å²) in [5.74, 6) is 1.23. The van der Waals surface area contributed by atoms with Crippen LogP contribution in [-0.2, 0) is 11.3 Å². The van der Waals surface area contributed by atoms with Gasteiger partial charge in [0, 0.05) is 11.6 Å². The lowest BCUT2D eigenvalue weighted by Gasteiger charge is -2.34. The number of phenols is 1. The summed E-state index contributed by atoms with van der Waals surface area (Å²) >= 11 is 0. The largest absolute Gasteiger partial charge is 0.508 e. The molecule has 0 saturated carbocycles. The number of aromatic hydroxyl groups is 1. The predicted molar refractivity (Wildman–Crippen MR) is 80.0 cm³/mol. The molecule has 1 aliphatic rings. The molecule has 1 N–H and O–H groups in total. The number of fused-ring (bicyclic) bond motifs is 1. The molecule has 1 atom stereocenters. The van der Waals surface area contributed by atoms with Crippen LogP contribution in [0, 0.1) is 13.8 Å². The molecule has 0 radical (unpaired) electrons. The van der Waals surface area contributed by atoms with Crippen molar-refractivity contribution in [1.29, 1.82) is 0 Å². The zero-order valence-corrected chi connectivity index (χ0v) is 12.8. The molecule has 1 aromatic heterocycles. The van der Waals surface area contributed by atoms with Gasteiger partial charge >= 0.3 is 0 Å². The van der Waals surface area contributed by atoms with E-state index >= 15 is 0 Å². The fraction of sp³-hybridized carbons (Fsp3) is 0.375. The van der Waals surface area contributed by atoms with E-state index in [1.54, 1.807) is 17.0 Å². The first-order chi connectivity index (χ1) is 10.5. The van der Waals surface area contributed by atoms with Crippen molar-refractivity contribution in [1.82, 2.24) is 5.16 Å². The number of aromatic nitrogens is 1. The van der Waals surface area contributed by atoms with E-state index in [4.69, 9.17) is 9.26 Å². The smallest absolute Gasteiger partial charge is 0.268 e. The summed E-state index contributed by atoms with van der Waals surface area (Å²) in [6.07, 6.45) is 0.0150. The number of benzene rings is 1. The molecule has 3 rings (SSSR count). The van der Waals surface area contributed by atoms with Gasteiger partial charge in [-0.15, -0.1) is 0 Å². The number of rotatable bonds is 3. The minimum Gasteiger partial charge on any atom is -0.508 e. The molecule has 1 unspecified atom stereocenters. The number of aryl methyl sites for hydroxylation is 2. The molecule has 0 saturated heterocycles. The first kappa shape index (κ1) is 14.4. The third-order valence-corrected chi connectivity index (χ3v) is 3.91. The number of carbonyl (C=O) groups excluding carboxylic acids is 1.